The Bertz CT molecular complexity index is 903. The number of para-hydroxylation sites is 1. The number of pyridine rings is 1. The zero-order valence-electron chi connectivity index (χ0n) is 13.4. The van der Waals surface area contributed by atoms with Crippen LogP contribution in [0.1, 0.15) is 24.1 Å². The van der Waals surface area contributed by atoms with Crippen LogP contribution in [0.15, 0.2) is 60.9 Å². The highest BCUT2D eigenvalue weighted by Crippen LogP contribution is 2.54. The van der Waals surface area contributed by atoms with Gasteiger partial charge in [-0.15, -0.1) is 0 Å². The summed E-state index contributed by atoms with van der Waals surface area (Å²) in [6.07, 6.45) is 12.2. The first-order valence-corrected chi connectivity index (χ1v) is 8.50. The molecule has 0 bridgehead atoms. The van der Waals surface area contributed by atoms with Crippen molar-refractivity contribution in [1.82, 2.24) is 9.97 Å². The highest BCUT2D eigenvalue weighted by molar-refractivity contribution is 5.88. The van der Waals surface area contributed by atoms with E-state index in [9.17, 15) is 0 Å². The zero-order valence-corrected chi connectivity index (χ0v) is 13.4. The molecule has 2 aliphatic carbocycles. The number of aromatic nitrogens is 2. The molecular weight excluding hydrogens is 294 g/mol. The van der Waals surface area contributed by atoms with E-state index in [1.807, 2.05) is 18.5 Å². The first-order valence-electron chi connectivity index (χ1n) is 8.50. The molecule has 118 valence electrons. The SMILES string of the molecule is C1=CC2(CC2)Cc2[nH]c(-c3ccncc3)c(Nc3ccccc3)c21. The third kappa shape index (κ3) is 2.24. The fraction of sp³-hybridized carbons (Fsp3) is 0.190. The molecule has 0 aliphatic heterocycles. The zero-order chi connectivity index (χ0) is 16.0. The van der Waals surface area contributed by atoms with Crippen LogP contribution in [0.4, 0.5) is 11.4 Å². The van der Waals surface area contributed by atoms with Gasteiger partial charge >= 0.3 is 0 Å². The first kappa shape index (κ1) is 13.6. The van der Waals surface area contributed by atoms with E-state index in [0.717, 1.165) is 29.1 Å². The number of anilines is 2. The lowest BCUT2D eigenvalue weighted by Crippen LogP contribution is -2.07. The Morgan fingerprint density at radius 1 is 1.00 bits per heavy atom. The van der Waals surface area contributed by atoms with Gasteiger partial charge in [-0.2, -0.15) is 0 Å². The van der Waals surface area contributed by atoms with Crippen molar-refractivity contribution in [2.75, 3.05) is 5.32 Å². The van der Waals surface area contributed by atoms with Gasteiger partial charge in [0.15, 0.2) is 0 Å². The molecule has 2 aliphatic rings. The van der Waals surface area contributed by atoms with Crippen molar-refractivity contribution < 1.29 is 0 Å². The van der Waals surface area contributed by atoms with E-state index in [2.05, 4.69) is 63.8 Å². The summed E-state index contributed by atoms with van der Waals surface area (Å²) in [4.78, 5) is 7.84. The van der Waals surface area contributed by atoms with Crippen molar-refractivity contribution in [2.24, 2.45) is 5.41 Å². The Balaban J connectivity index is 1.64. The van der Waals surface area contributed by atoms with Crippen LogP contribution in [-0.4, -0.2) is 9.97 Å². The van der Waals surface area contributed by atoms with Crippen molar-refractivity contribution in [3.8, 4) is 11.3 Å². The minimum Gasteiger partial charge on any atom is -0.356 e. The Hall–Kier alpha value is -2.81. The van der Waals surface area contributed by atoms with Crippen LogP contribution in [0.2, 0.25) is 0 Å². The molecular formula is C21H19N3. The van der Waals surface area contributed by atoms with E-state index in [1.165, 1.54) is 24.1 Å². The van der Waals surface area contributed by atoms with E-state index in [0.29, 0.717) is 5.41 Å². The number of allylic oxidation sites excluding steroid dienone is 1. The van der Waals surface area contributed by atoms with E-state index >= 15 is 0 Å². The molecule has 1 spiro atoms. The van der Waals surface area contributed by atoms with E-state index < -0.39 is 0 Å². The molecule has 0 amide bonds. The summed E-state index contributed by atoms with van der Waals surface area (Å²) in [5.41, 5.74) is 7.65. The molecule has 1 saturated carbocycles. The number of H-pyrrole nitrogens is 1. The number of benzene rings is 1. The molecule has 2 N–H and O–H groups in total. The Kier molecular flexibility index (Phi) is 2.89. The van der Waals surface area contributed by atoms with Crippen molar-refractivity contribution in [3.63, 3.8) is 0 Å². The van der Waals surface area contributed by atoms with Gasteiger partial charge in [0.05, 0.1) is 11.4 Å². The van der Waals surface area contributed by atoms with Gasteiger partial charge < -0.3 is 10.3 Å². The van der Waals surface area contributed by atoms with Crippen LogP contribution >= 0.6 is 0 Å². The van der Waals surface area contributed by atoms with Crippen LogP contribution in [0, 0.1) is 5.41 Å². The van der Waals surface area contributed by atoms with Crippen molar-refractivity contribution in [3.05, 3.63) is 72.2 Å². The lowest BCUT2D eigenvalue weighted by atomic mass is 9.91. The maximum absolute atomic E-state index is 4.15. The van der Waals surface area contributed by atoms with Crippen LogP contribution in [0.5, 0.6) is 0 Å². The molecule has 2 heterocycles. The summed E-state index contributed by atoms with van der Waals surface area (Å²) < 4.78 is 0. The van der Waals surface area contributed by atoms with Gasteiger partial charge in [-0.25, -0.2) is 0 Å². The van der Waals surface area contributed by atoms with Gasteiger partial charge in [-0.05, 0) is 48.9 Å². The topological polar surface area (TPSA) is 40.7 Å². The molecule has 0 atom stereocenters. The highest BCUT2D eigenvalue weighted by atomic mass is 14.9. The lowest BCUT2D eigenvalue weighted by Gasteiger charge is -2.16. The van der Waals surface area contributed by atoms with Gasteiger partial charge in [0.25, 0.3) is 0 Å². The van der Waals surface area contributed by atoms with Crippen LogP contribution in [0.25, 0.3) is 17.3 Å². The van der Waals surface area contributed by atoms with Gasteiger partial charge in [0, 0.05) is 34.9 Å². The first-order chi connectivity index (χ1) is 11.8. The van der Waals surface area contributed by atoms with Crippen LogP contribution < -0.4 is 5.32 Å². The molecule has 3 nitrogen and oxygen atoms in total. The minimum atomic E-state index is 0.428. The fourth-order valence-electron chi connectivity index (χ4n) is 3.60. The van der Waals surface area contributed by atoms with Crippen molar-refractivity contribution >= 4 is 17.5 Å². The molecule has 0 saturated heterocycles. The summed E-state index contributed by atoms with van der Waals surface area (Å²) in [5.74, 6) is 0. The monoisotopic (exact) mass is 313 g/mol. The Labute approximate surface area is 141 Å². The van der Waals surface area contributed by atoms with Gasteiger partial charge in [-0.1, -0.05) is 30.4 Å². The summed E-state index contributed by atoms with van der Waals surface area (Å²) in [6, 6.07) is 14.5. The Morgan fingerprint density at radius 2 is 1.79 bits per heavy atom. The largest absolute Gasteiger partial charge is 0.356 e. The lowest BCUT2D eigenvalue weighted by molar-refractivity contribution is 0.633. The fourth-order valence-corrected chi connectivity index (χ4v) is 3.60. The predicted octanol–water partition coefficient (Wildman–Crippen LogP) is 5.17. The van der Waals surface area contributed by atoms with Crippen molar-refractivity contribution in [2.45, 2.75) is 19.3 Å². The molecule has 3 aromatic rings. The molecule has 24 heavy (non-hydrogen) atoms. The molecule has 0 radical (unpaired) electrons. The smallest absolute Gasteiger partial charge is 0.0720 e. The molecule has 5 rings (SSSR count). The molecule has 1 fully saturated rings. The predicted molar refractivity (Wildman–Crippen MR) is 98.2 cm³/mol. The van der Waals surface area contributed by atoms with E-state index in [-0.39, 0.29) is 0 Å². The highest BCUT2D eigenvalue weighted by Gasteiger charge is 2.43. The van der Waals surface area contributed by atoms with Crippen LogP contribution in [0.3, 0.4) is 0 Å². The van der Waals surface area contributed by atoms with E-state index in [1.54, 1.807) is 0 Å². The summed E-state index contributed by atoms with van der Waals surface area (Å²) in [7, 11) is 0. The third-order valence-electron chi connectivity index (χ3n) is 5.16. The molecule has 0 unspecified atom stereocenters. The standard InChI is InChI=1S/C21H19N3/c1-2-4-16(5-3-1)23-20-17-6-9-21(10-11-21)14-18(17)24-19(20)15-7-12-22-13-8-15/h1-9,12-13,23-24H,10-11,14H2. The summed E-state index contributed by atoms with van der Waals surface area (Å²) >= 11 is 0. The number of nitrogens with one attached hydrogen (secondary N) is 2. The average Bonchev–Trinajstić information content (AvgIpc) is 3.29. The van der Waals surface area contributed by atoms with Crippen LogP contribution in [-0.2, 0) is 6.42 Å². The summed E-state index contributed by atoms with van der Waals surface area (Å²) in [5, 5.41) is 3.62. The van der Waals surface area contributed by atoms with Crippen molar-refractivity contribution in [1.29, 1.82) is 0 Å². The molecule has 3 heteroatoms. The summed E-state index contributed by atoms with van der Waals surface area (Å²) in [6.45, 7) is 0. The number of hydrogen-bond donors (Lipinski definition) is 2. The second-order valence-corrected chi connectivity index (χ2v) is 6.87. The molecule has 2 aromatic heterocycles. The van der Waals surface area contributed by atoms with Gasteiger partial charge in [-0.3, -0.25) is 4.98 Å². The number of rotatable bonds is 3. The van der Waals surface area contributed by atoms with E-state index in [4.69, 9.17) is 0 Å². The number of hydrogen-bond acceptors (Lipinski definition) is 2. The number of aromatic amines is 1. The van der Waals surface area contributed by atoms with Gasteiger partial charge in [0.2, 0.25) is 0 Å². The third-order valence-corrected chi connectivity index (χ3v) is 5.16. The number of nitrogens with zero attached hydrogens (tertiary/aromatic N) is 1. The second kappa shape index (κ2) is 5.10. The average molecular weight is 313 g/mol. The quantitative estimate of drug-likeness (QED) is 0.700. The Morgan fingerprint density at radius 3 is 2.54 bits per heavy atom. The maximum Gasteiger partial charge on any atom is 0.0720 e. The second-order valence-electron chi connectivity index (χ2n) is 6.87. The van der Waals surface area contributed by atoms with Gasteiger partial charge in [0.1, 0.15) is 0 Å². The minimum absolute atomic E-state index is 0.428. The molecule has 1 aromatic carbocycles. The maximum atomic E-state index is 4.15. The normalized spacial score (nSPS) is 16.8. The number of fused-ring (bicyclic) bond motifs is 1.